The summed E-state index contributed by atoms with van der Waals surface area (Å²) in [6.45, 7) is 1.82. The Morgan fingerprint density at radius 1 is 1.20 bits per heavy atom. The van der Waals surface area contributed by atoms with Crippen LogP contribution >= 0.6 is 39.1 Å². The lowest BCUT2D eigenvalue weighted by molar-refractivity contribution is -0.141. The molecule has 1 N–H and O–H groups in total. The summed E-state index contributed by atoms with van der Waals surface area (Å²) in [6.07, 6.45) is -3.05. The van der Waals surface area contributed by atoms with Crippen LogP contribution < -0.4 is 5.32 Å². The Labute approximate surface area is 188 Å². The minimum absolute atomic E-state index is 0.0590. The van der Waals surface area contributed by atoms with Crippen LogP contribution in [-0.2, 0) is 24.1 Å². The van der Waals surface area contributed by atoms with Crippen molar-refractivity contribution in [2.75, 3.05) is 5.32 Å². The van der Waals surface area contributed by atoms with Crippen LogP contribution in [0.4, 0.5) is 19.0 Å². The molecule has 0 fully saturated rings. The lowest BCUT2D eigenvalue weighted by Gasteiger charge is -2.06. The Balaban J connectivity index is 1.62. The molecule has 0 atom stereocenters. The molecule has 0 radical (unpaired) electrons. The molecule has 2 aromatic heterocycles. The van der Waals surface area contributed by atoms with Gasteiger partial charge in [-0.05, 0) is 40.5 Å². The van der Waals surface area contributed by atoms with Crippen molar-refractivity contribution in [2.24, 2.45) is 0 Å². The van der Waals surface area contributed by atoms with E-state index in [1.165, 1.54) is 6.92 Å². The molecule has 3 rings (SSSR count). The maximum atomic E-state index is 12.9. The highest BCUT2D eigenvalue weighted by Crippen LogP contribution is 2.35. The van der Waals surface area contributed by atoms with E-state index >= 15 is 0 Å². The Morgan fingerprint density at radius 2 is 1.87 bits per heavy atom. The maximum Gasteiger partial charge on any atom is 0.436 e. The first-order valence-corrected chi connectivity index (χ1v) is 10.2. The third-order valence-electron chi connectivity index (χ3n) is 4.19. The summed E-state index contributed by atoms with van der Waals surface area (Å²) in [6, 6.07) is 7.27. The molecular weight excluding hydrogens is 510 g/mol. The fourth-order valence-corrected chi connectivity index (χ4v) is 3.45. The number of amides is 1. The van der Waals surface area contributed by atoms with Crippen molar-refractivity contribution in [2.45, 2.75) is 32.6 Å². The largest absolute Gasteiger partial charge is 0.436 e. The number of carbonyl (C=O) groups excluding carboxylic acids is 1. The molecule has 30 heavy (non-hydrogen) atoms. The molecule has 3 aromatic rings. The molecule has 1 amide bonds. The highest BCUT2D eigenvalue weighted by atomic mass is 79.9. The van der Waals surface area contributed by atoms with Gasteiger partial charge in [0.1, 0.15) is 0 Å². The Bertz CT molecular complexity index is 1060. The molecule has 12 heteroatoms. The zero-order chi connectivity index (χ0) is 22.1. The first-order valence-electron chi connectivity index (χ1n) is 8.62. The van der Waals surface area contributed by atoms with Crippen molar-refractivity contribution in [3.05, 3.63) is 61.9 Å². The van der Waals surface area contributed by atoms with Crippen molar-refractivity contribution in [3.63, 3.8) is 0 Å². The van der Waals surface area contributed by atoms with Crippen molar-refractivity contribution in [3.8, 4) is 0 Å². The zero-order valence-corrected chi connectivity index (χ0v) is 18.6. The van der Waals surface area contributed by atoms with E-state index < -0.39 is 22.8 Å². The maximum absolute atomic E-state index is 12.9. The minimum atomic E-state index is -4.66. The zero-order valence-electron chi connectivity index (χ0n) is 15.5. The molecule has 160 valence electrons. The van der Waals surface area contributed by atoms with Crippen LogP contribution in [0.1, 0.15) is 23.4 Å². The topological polar surface area (TPSA) is 64.7 Å². The number of rotatable bonds is 6. The molecule has 0 bridgehead atoms. The molecule has 1 aromatic carbocycles. The summed E-state index contributed by atoms with van der Waals surface area (Å²) in [7, 11) is 0. The number of alkyl halides is 3. The van der Waals surface area contributed by atoms with Gasteiger partial charge in [0.2, 0.25) is 5.91 Å². The van der Waals surface area contributed by atoms with E-state index in [4.69, 9.17) is 23.2 Å². The number of nitrogens with zero attached hydrogens (tertiary/aromatic N) is 4. The van der Waals surface area contributed by atoms with Crippen LogP contribution in [0, 0.1) is 6.92 Å². The molecule has 0 aliphatic carbocycles. The van der Waals surface area contributed by atoms with Crippen LogP contribution in [0.3, 0.4) is 0 Å². The number of nitrogens with one attached hydrogen (secondary N) is 1. The fourth-order valence-electron chi connectivity index (χ4n) is 2.66. The van der Waals surface area contributed by atoms with Gasteiger partial charge in [-0.15, -0.1) is 0 Å². The molecule has 6 nitrogen and oxygen atoms in total. The van der Waals surface area contributed by atoms with E-state index in [1.807, 2.05) is 12.1 Å². The first-order chi connectivity index (χ1) is 14.0. The van der Waals surface area contributed by atoms with E-state index in [1.54, 1.807) is 23.0 Å². The van der Waals surface area contributed by atoms with E-state index in [0.717, 1.165) is 10.2 Å². The standard InChI is InChI=1S/C18H15BrCl2F3N5O/c1-10-15(21)16(18(22,23)24)26-29(10)7-6-14(30)25-17-13(19)9-28(27-17)8-11-2-4-12(20)5-3-11/h2-5,9H,6-8H2,1H3,(H,25,27,30). The monoisotopic (exact) mass is 523 g/mol. The molecule has 0 spiro atoms. The Morgan fingerprint density at radius 3 is 2.47 bits per heavy atom. The number of halogens is 6. The number of anilines is 1. The summed E-state index contributed by atoms with van der Waals surface area (Å²) in [5.74, 6) is -0.118. The van der Waals surface area contributed by atoms with Crippen LogP contribution in [0.2, 0.25) is 10.0 Å². The molecule has 0 saturated carbocycles. The van der Waals surface area contributed by atoms with E-state index in [9.17, 15) is 18.0 Å². The molecule has 2 heterocycles. The third kappa shape index (κ3) is 5.35. The van der Waals surface area contributed by atoms with Gasteiger partial charge in [0.15, 0.2) is 11.5 Å². The summed E-state index contributed by atoms with van der Waals surface area (Å²) in [5.41, 5.74) is -0.0465. The molecule has 0 saturated heterocycles. The molecule has 0 aliphatic heterocycles. The number of aromatic nitrogens is 4. The predicted octanol–water partition coefficient (Wildman–Crippen LogP) is 5.55. The minimum Gasteiger partial charge on any atom is -0.308 e. The smallest absolute Gasteiger partial charge is 0.308 e. The van der Waals surface area contributed by atoms with Gasteiger partial charge in [-0.25, -0.2) is 0 Å². The van der Waals surface area contributed by atoms with Crippen molar-refractivity contribution >= 4 is 50.9 Å². The third-order valence-corrected chi connectivity index (χ3v) is 5.47. The highest BCUT2D eigenvalue weighted by Gasteiger charge is 2.38. The molecule has 0 aliphatic rings. The predicted molar refractivity (Wildman–Crippen MR) is 111 cm³/mol. The summed E-state index contributed by atoms with van der Waals surface area (Å²) >= 11 is 14.9. The van der Waals surface area contributed by atoms with E-state index in [0.29, 0.717) is 21.9 Å². The van der Waals surface area contributed by atoms with Crippen LogP contribution in [0.15, 0.2) is 34.9 Å². The second-order valence-electron chi connectivity index (χ2n) is 6.42. The quantitative estimate of drug-likeness (QED) is 0.459. The lowest BCUT2D eigenvalue weighted by atomic mass is 10.2. The fraction of sp³-hybridized carbons (Fsp3) is 0.278. The van der Waals surface area contributed by atoms with Crippen LogP contribution in [0.5, 0.6) is 0 Å². The van der Waals surface area contributed by atoms with Gasteiger partial charge in [-0.1, -0.05) is 35.3 Å². The SMILES string of the molecule is Cc1c(Cl)c(C(F)(F)F)nn1CCC(=O)Nc1nn(Cc2ccc(Cl)cc2)cc1Br. The number of carbonyl (C=O) groups is 1. The van der Waals surface area contributed by atoms with E-state index in [2.05, 4.69) is 31.4 Å². The second-order valence-corrected chi connectivity index (χ2v) is 8.09. The Hall–Kier alpha value is -2.04. The van der Waals surface area contributed by atoms with Crippen LogP contribution in [-0.4, -0.2) is 25.5 Å². The summed E-state index contributed by atoms with van der Waals surface area (Å²) in [4.78, 5) is 12.3. The average Bonchev–Trinajstić information content (AvgIpc) is 3.15. The number of hydrogen-bond acceptors (Lipinski definition) is 3. The summed E-state index contributed by atoms with van der Waals surface area (Å²) in [5, 5.41) is 10.6. The van der Waals surface area contributed by atoms with Gasteiger partial charge >= 0.3 is 6.18 Å². The van der Waals surface area contributed by atoms with Gasteiger partial charge in [-0.2, -0.15) is 23.4 Å². The van der Waals surface area contributed by atoms with Crippen LogP contribution in [0.25, 0.3) is 0 Å². The van der Waals surface area contributed by atoms with E-state index in [-0.39, 0.29) is 18.7 Å². The number of benzene rings is 1. The molecule has 0 unspecified atom stereocenters. The lowest BCUT2D eigenvalue weighted by Crippen LogP contribution is -2.17. The Kier molecular flexibility index (Phi) is 6.78. The number of hydrogen-bond donors (Lipinski definition) is 1. The average molecular weight is 525 g/mol. The normalized spacial score (nSPS) is 11.7. The second kappa shape index (κ2) is 8.99. The van der Waals surface area contributed by atoms with Gasteiger partial charge < -0.3 is 5.32 Å². The van der Waals surface area contributed by atoms with Gasteiger partial charge in [0.25, 0.3) is 0 Å². The van der Waals surface area contributed by atoms with Gasteiger partial charge in [-0.3, -0.25) is 14.2 Å². The van der Waals surface area contributed by atoms with Crippen molar-refractivity contribution in [1.29, 1.82) is 0 Å². The van der Waals surface area contributed by atoms with Gasteiger partial charge in [0, 0.05) is 17.6 Å². The van der Waals surface area contributed by atoms with Crippen molar-refractivity contribution < 1.29 is 18.0 Å². The highest BCUT2D eigenvalue weighted by molar-refractivity contribution is 9.10. The summed E-state index contributed by atoms with van der Waals surface area (Å²) < 4.78 is 41.9. The molecular formula is C18H15BrCl2F3N5O. The number of aryl methyl sites for hydroxylation is 1. The van der Waals surface area contributed by atoms with Gasteiger partial charge in [0.05, 0.1) is 28.3 Å². The van der Waals surface area contributed by atoms with Crippen molar-refractivity contribution in [1.82, 2.24) is 19.6 Å². The first kappa shape index (κ1) is 22.6.